The van der Waals surface area contributed by atoms with E-state index in [1.165, 1.54) is 6.07 Å². The van der Waals surface area contributed by atoms with E-state index in [9.17, 15) is 9.59 Å². The predicted molar refractivity (Wildman–Crippen MR) is 64.5 cm³/mol. The van der Waals surface area contributed by atoms with Gasteiger partial charge in [-0.25, -0.2) is 0 Å². The summed E-state index contributed by atoms with van der Waals surface area (Å²) in [5, 5.41) is 9.07. The first-order valence-corrected chi connectivity index (χ1v) is 5.88. The van der Waals surface area contributed by atoms with Crippen LogP contribution in [0, 0.1) is 0 Å². The van der Waals surface area contributed by atoms with Gasteiger partial charge in [0, 0.05) is 31.9 Å². The van der Waals surface area contributed by atoms with E-state index in [0.29, 0.717) is 26.2 Å². The van der Waals surface area contributed by atoms with Gasteiger partial charge in [-0.3, -0.25) is 14.5 Å². The maximum Gasteiger partial charge on any atom is 0.323 e. The van der Waals surface area contributed by atoms with Crippen molar-refractivity contribution in [2.45, 2.75) is 12.6 Å². The van der Waals surface area contributed by atoms with Crippen LogP contribution in [-0.4, -0.2) is 52.9 Å². The van der Waals surface area contributed by atoms with E-state index in [4.69, 9.17) is 9.84 Å². The Kier molecular flexibility index (Phi) is 4.11. The quantitative estimate of drug-likeness (QED) is 0.792. The number of morpholine rings is 1. The maximum atomic E-state index is 11.5. The number of carboxylic acid groups (broad SMARTS) is 1. The average Bonchev–Trinajstić information content (AvgIpc) is 2.38. The largest absolute Gasteiger partial charge is 0.480 e. The average molecular weight is 252 g/mol. The fourth-order valence-corrected chi connectivity index (χ4v) is 2.01. The molecule has 2 rings (SSSR count). The van der Waals surface area contributed by atoms with E-state index in [2.05, 4.69) is 0 Å². The molecular weight excluding hydrogens is 236 g/mol. The zero-order valence-corrected chi connectivity index (χ0v) is 9.99. The highest BCUT2D eigenvalue weighted by molar-refractivity contribution is 5.73. The Morgan fingerprint density at radius 2 is 2.28 bits per heavy atom. The lowest BCUT2D eigenvalue weighted by Crippen LogP contribution is -2.51. The molecule has 0 amide bonds. The maximum absolute atomic E-state index is 11.5. The molecule has 1 atom stereocenters. The van der Waals surface area contributed by atoms with Crippen LogP contribution in [0.15, 0.2) is 29.2 Å². The van der Waals surface area contributed by atoms with Crippen LogP contribution in [-0.2, 0) is 16.1 Å². The van der Waals surface area contributed by atoms with Gasteiger partial charge in [0.05, 0.1) is 13.2 Å². The Labute approximate surface area is 104 Å². The summed E-state index contributed by atoms with van der Waals surface area (Å²) in [5.74, 6) is -0.880. The van der Waals surface area contributed by atoms with Crippen molar-refractivity contribution in [1.29, 1.82) is 0 Å². The molecule has 0 radical (unpaired) electrons. The van der Waals surface area contributed by atoms with Crippen molar-refractivity contribution in [1.82, 2.24) is 9.47 Å². The number of carboxylic acids is 1. The Morgan fingerprint density at radius 3 is 3.00 bits per heavy atom. The third kappa shape index (κ3) is 2.96. The number of rotatable bonds is 4. The lowest BCUT2D eigenvalue weighted by Gasteiger charge is -2.32. The van der Waals surface area contributed by atoms with Crippen molar-refractivity contribution in [3.63, 3.8) is 0 Å². The molecule has 1 aromatic heterocycles. The minimum absolute atomic E-state index is 0.0716. The summed E-state index contributed by atoms with van der Waals surface area (Å²) >= 11 is 0. The van der Waals surface area contributed by atoms with E-state index >= 15 is 0 Å². The number of hydrogen-bond donors (Lipinski definition) is 1. The summed E-state index contributed by atoms with van der Waals surface area (Å²) in [6, 6.07) is 4.36. The molecule has 98 valence electrons. The molecule has 1 N–H and O–H groups in total. The molecule has 0 aliphatic carbocycles. The van der Waals surface area contributed by atoms with Crippen LogP contribution in [0.5, 0.6) is 0 Å². The fourth-order valence-electron chi connectivity index (χ4n) is 2.01. The lowest BCUT2D eigenvalue weighted by molar-refractivity contribution is -0.149. The van der Waals surface area contributed by atoms with Gasteiger partial charge in [-0.05, 0) is 6.07 Å². The van der Waals surface area contributed by atoms with Crippen LogP contribution in [0.1, 0.15) is 0 Å². The van der Waals surface area contributed by atoms with Gasteiger partial charge in [0.15, 0.2) is 0 Å². The first-order chi connectivity index (χ1) is 8.68. The van der Waals surface area contributed by atoms with Gasteiger partial charge in [0.25, 0.3) is 5.56 Å². The monoisotopic (exact) mass is 252 g/mol. The molecule has 1 aliphatic heterocycles. The first kappa shape index (κ1) is 12.8. The SMILES string of the molecule is O=C(O)C1COCCN1CCn1ccccc1=O. The predicted octanol–water partition coefficient (Wildman–Crippen LogP) is -0.366. The van der Waals surface area contributed by atoms with Crippen molar-refractivity contribution < 1.29 is 14.6 Å². The van der Waals surface area contributed by atoms with E-state index in [1.54, 1.807) is 22.9 Å². The van der Waals surface area contributed by atoms with E-state index in [-0.39, 0.29) is 12.2 Å². The Balaban J connectivity index is 1.98. The highest BCUT2D eigenvalue weighted by Gasteiger charge is 2.28. The Bertz CT molecular complexity index is 471. The normalized spacial score (nSPS) is 20.8. The summed E-state index contributed by atoms with van der Waals surface area (Å²) in [7, 11) is 0. The van der Waals surface area contributed by atoms with Gasteiger partial charge in [0.1, 0.15) is 6.04 Å². The van der Waals surface area contributed by atoms with Gasteiger partial charge in [-0.2, -0.15) is 0 Å². The smallest absolute Gasteiger partial charge is 0.323 e. The van der Waals surface area contributed by atoms with Crippen LogP contribution < -0.4 is 5.56 Å². The summed E-state index contributed by atoms with van der Waals surface area (Å²) in [6.45, 7) is 2.35. The van der Waals surface area contributed by atoms with Crippen molar-refractivity contribution in [2.24, 2.45) is 0 Å². The molecule has 6 nitrogen and oxygen atoms in total. The molecule has 1 saturated heterocycles. The van der Waals surface area contributed by atoms with Crippen LogP contribution in [0.2, 0.25) is 0 Å². The topological polar surface area (TPSA) is 71.8 Å². The molecule has 0 spiro atoms. The lowest BCUT2D eigenvalue weighted by atomic mass is 10.2. The minimum atomic E-state index is -0.880. The van der Waals surface area contributed by atoms with Crippen molar-refractivity contribution >= 4 is 5.97 Å². The van der Waals surface area contributed by atoms with Gasteiger partial charge in [0.2, 0.25) is 0 Å². The van der Waals surface area contributed by atoms with Crippen LogP contribution >= 0.6 is 0 Å². The van der Waals surface area contributed by atoms with Crippen molar-refractivity contribution in [2.75, 3.05) is 26.3 Å². The molecule has 1 fully saturated rings. The number of aliphatic carboxylic acids is 1. The van der Waals surface area contributed by atoms with E-state index in [1.807, 2.05) is 4.90 Å². The second-order valence-corrected chi connectivity index (χ2v) is 4.20. The standard InChI is InChI=1S/C12H16N2O4/c15-11-3-1-2-4-14(11)6-5-13-7-8-18-9-10(13)12(16)17/h1-4,10H,5-9H2,(H,16,17). The Hall–Kier alpha value is -1.66. The van der Waals surface area contributed by atoms with Crippen LogP contribution in [0.4, 0.5) is 0 Å². The van der Waals surface area contributed by atoms with E-state index in [0.717, 1.165) is 0 Å². The number of nitrogens with zero attached hydrogens (tertiary/aromatic N) is 2. The summed E-state index contributed by atoms with van der Waals surface area (Å²) in [4.78, 5) is 24.4. The summed E-state index contributed by atoms with van der Waals surface area (Å²) < 4.78 is 6.74. The molecule has 2 heterocycles. The van der Waals surface area contributed by atoms with Gasteiger partial charge < -0.3 is 14.4 Å². The second kappa shape index (κ2) is 5.79. The molecule has 1 unspecified atom stereocenters. The van der Waals surface area contributed by atoms with Gasteiger partial charge in [-0.15, -0.1) is 0 Å². The van der Waals surface area contributed by atoms with Crippen LogP contribution in [0.3, 0.4) is 0 Å². The third-order valence-electron chi connectivity index (χ3n) is 3.05. The molecule has 6 heteroatoms. The summed E-state index contributed by atoms with van der Waals surface area (Å²) in [5.41, 5.74) is -0.0716. The zero-order valence-electron chi connectivity index (χ0n) is 9.99. The zero-order chi connectivity index (χ0) is 13.0. The van der Waals surface area contributed by atoms with Crippen molar-refractivity contribution in [3.05, 3.63) is 34.7 Å². The molecular formula is C12H16N2O4. The minimum Gasteiger partial charge on any atom is -0.480 e. The first-order valence-electron chi connectivity index (χ1n) is 5.88. The van der Waals surface area contributed by atoms with Gasteiger partial charge >= 0.3 is 5.97 Å². The third-order valence-corrected chi connectivity index (χ3v) is 3.05. The molecule has 1 aliphatic rings. The number of hydrogen-bond acceptors (Lipinski definition) is 4. The molecule has 0 saturated carbocycles. The highest BCUT2D eigenvalue weighted by Crippen LogP contribution is 2.07. The number of pyridine rings is 1. The second-order valence-electron chi connectivity index (χ2n) is 4.20. The van der Waals surface area contributed by atoms with Crippen molar-refractivity contribution in [3.8, 4) is 0 Å². The number of aromatic nitrogens is 1. The fraction of sp³-hybridized carbons (Fsp3) is 0.500. The number of ether oxygens (including phenoxy) is 1. The molecule has 1 aromatic rings. The summed E-state index contributed by atoms with van der Waals surface area (Å²) in [6.07, 6.45) is 1.71. The highest BCUT2D eigenvalue weighted by atomic mass is 16.5. The molecule has 18 heavy (non-hydrogen) atoms. The molecule has 0 bridgehead atoms. The Morgan fingerprint density at radius 1 is 1.44 bits per heavy atom. The van der Waals surface area contributed by atoms with E-state index < -0.39 is 12.0 Å². The van der Waals surface area contributed by atoms with Crippen LogP contribution in [0.25, 0.3) is 0 Å². The van der Waals surface area contributed by atoms with Gasteiger partial charge in [-0.1, -0.05) is 6.07 Å². The molecule has 0 aromatic carbocycles. The number of carbonyl (C=O) groups is 1.